The predicted molar refractivity (Wildman–Crippen MR) is 91.4 cm³/mol. The summed E-state index contributed by atoms with van der Waals surface area (Å²) >= 11 is 6.03. The van der Waals surface area contributed by atoms with Crippen LogP contribution in [0.5, 0.6) is 5.75 Å². The number of nitrogens with zero attached hydrogens (tertiary/aromatic N) is 2. The Morgan fingerprint density at radius 2 is 2.17 bits per heavy atom. The number of H-pyrrole nitrogens is 1. The molecule has 24 heavy (non-hydrogen) atoms. The van der Waals surface area contributed by atoms with Gasteiger partial charge in [-0.1, -0.05) is 23.7 Å². The topological polar surface area (TPSA) is 71.0 Å². The number of ether oxygens (including phenoxy) is 1. The van der Waals surface area contributed by atoms with Crippen LogP contribution in [0.2, 0.25) is 5.02 Å². The van der Waals surface area contributed by atoms with E-state index in [1.54, 1.807) is 50.4 Å². The fourth-order valence-electron chi connectivity index (χ4n) is 2.40. The number of hydrogen-bond donors (Lipinski definition) is 2. The highest BCUT2D eigenvalue weighted by molar-refractivity contribution is 6.30. The monoisotopic (exact) mass is 345 g/mol. The number of alkyl halides is 1. The van der Waals surface area contributed by atoms with Gasteiger partial charge >= 0.3 is 0 Å². The minimum absolute atomic E-state index is 0.270. The van der Waals surface area contributed by atoms with E-state index in [1.165, 1.54) is 6.20 Å². The van der Waals surface area contributed by atoms with Crippen molar-refractivity contribution in [2.45, 2.75) is 5.50 Å². The first-order chi connectivity index (χ1) is 11.5. The summed E-state index contributed by atoms with van der Waals surface area (Å²) in [6.45, 7) is -0.979. The fraction of sp³-hybridized carbons (Fsp3) is 0.125. The van der Waals surface area contributed by atoms with Crippen molar-refractivity contribution in [2.75, 3.05) is 6.86 Å². The van der Waals surface area contributed by atoms with Gasteiger partial charge < -0.3 is 9.84 Å². The highest BCUT2D eigenvalue weighted by Gasteiger charge is 2.29. The molecule has 0 fully saturated rings. The Balaban J connectivity index is 2.13. The van der Waals surface area contributed by atoms with Gasteiger partial charge in [0.1, 0.15) is 11.4 Å². The Bertz CT molecular complexity index is 843. The molecule has 3 rings (SSSR count). The third-order valence-electron chi connectivity index (χ3n) is 3.73. The number of pyridine rings is 1. The van der Waals surface area contributed by atoms with Crippen molar-refractivity contribution < 1.29 is 14.2 Å². The normalized spacial score (nSPS) is 13.5. The van der Waals surface area contributed by atoms with E-state index in [4.69, 9.17) is 16.3 Å². The van der Waals surface area contributed by atoms with Crippen LogP contribution in [0.25, 0.3) is 11.3 Å². The average molecular weight is 346 g/mol. The van der Waals surface area contributed by atoms with E-state index in [2.05, 4.69) is 15.2 Å². The third-order valence-corrected chi connectivity index (χ3v) is 3.96. The second-order valence-electron chi connectivity index (χ2n) is 5.37. The molecule has 0 saturated heterocycles. The molecule has 2 aromatic heterocycles. The summed E-state index contributed by atoms with van der Waals surface area (Å²) < 4.78 is 17.7. The Labute approximate surface area is 143 Å². The quantitative estimate of drug-likeness (QED) is 0.696. The van der Waals surface area contributed by atoms with E-state index in [0.29, 0.717) is 27.5 Å². The molecule has 0 radical (unpaired) electrons. The molecule has 8 heteroatoms. The lowest BCUT2D eigenvalue weighted by molar-refractivity contribution is 0.166. The van der Waals surface area contributed by atoms with Gasteiger partial charge in [0.15, 0.2) is 7.85 Å². The number of aromatic amines is 1. The van der Waals surface area contributed by atoms with Crippen LogP contribution in [-0.4, -0.2) is 35.0 Å². The molecule has 1 unspecified atom stereocenters. The maximum atomic E-state index is 12.7. The molecule has 0 bridgehead atoms. The van der Waals surface area contributed by atoms with Crippen molar-refractivity contribution >= 4 is 19.4 Å². The molecule has 2 heterocycles. The summed E-state index contributed by atoms with van der Waals surface area (Å²) in [6.07, 6.45) is 3.11. The number of rotatable bonds is 5. The number of hydrogen-bond acceptors (Lipinski definition) is 4. The summed E-state index contributed by atoms with van der Waals surface area (Å²) in [4.78, 5) is 4.49. The van der Waals surface area contributed by atoms with E-state index in [0.717, 1.165) is 0 Å². The lowest BCUT2D eigenvalue weighted by Crippen LogP contribution is -2.28. The molecule has 1 atom stereocenters. The average Bonchev–Trinajstić information content (AvgIpc) is 3.10. The molecule has 2 N–H and O–H groups in total. The molecule has 122 valence electrons. The molecular weight excluding hydrogens is 331 g/mol. The minimum atomic E-state index is -1.37. The Hall–Kier alpha value is -2.38. The SMILES string of the molecule is BC(O)(c1cn[nH]c1)c1ccc(OCF)c(-c2cccc(Cl)c2)n1. The lowest BCUT2D eigenvalue weighted by atomic mass is 9.74. The first kappa shape index (κ1) is 16.5. The van der Waals surface area contributed by atoms with Crippen molar-refractivity contribution in [1.82, 2.24) is 15.2 Å². The van der Waals surface area contributed by atoms with E-state index < -0.39 is 12.4 Å². The van der Waals surface area contributed by atoms with Crippen molar-refractivity contribution in [2.24, 2.45) is 0 Å². The van der Waals surface area contributed by atoms with Gasteiger partial charge in [-0.2, -0.15) is 5.10 Å². The molecule has 0 amide bonds. The highest BCUT2D eigenvalue weighted by atomic mass is 35.5. The number of aromatic nitrogens is 3. The first-order valence-corrected chi connectivity index (χ1v) is 7.58. The van der Waals surface area contributed by atoms with E-state index in [1.807, 2.05) is 0 Å². The van der Waals surface area contributed by atoms with E-state index in [-0.39, 0.29) is 5.75 Å². The molecule has 0 aliphatic heterocycles. The second kappa shape index (κ2) is 6.63. The van der Waals surface area contributed by atoms with Crippen LogP contribution in [0.1, 0.15) is 11.3 Å². The molecule has 5 nitrogen and oxygen atoms in total. The van der Waals surface area contributed by atoms with Crippen molar-refractivity contribution in [1.29, 1.82) is 0 Å². The van der Waals surface area contributed by atoms with Crippen LogP contribution >= 0.6 is 11.6 Å². The maximum Gasteiger partial charge on any atom is 0.228 e. The van der Waals surface area contributed by atoms with Crippen LogP contribution in [0, 0.1) is 0 Å². The van der Waals surface area contributed by atoms with Crippen LogP contribution in [0.3, 0.4) is 0 Å². The summed E-state index contributed by atoms with van der Waals surface area (Å²) in [5.41, 5.74) is 0.637. The third kappa shape index (κ3) is 3.13. The number of halogens is 2. The molecule has 0 saturated carbocycles. The van der Waals surface area contributed by atoms with Crippen molar-refractivity contribution in [3.63, 3.8) is 0 Å². The van der Waals surface area contributed by atoms with Crippen molar-refractivity contribution in [3.8, 4) is 17.0 Å². The zero-order valence-electron chi connectivity index (χ0n) is 12.8. The van der Waals surface area contributed by atoms with Gasteiger partial charge in [-0.05, 0) is 24.3 Å². The van der Waals surface area contributed by atoms with Crippen LogP contribution in [0.15, 0.2) is 48.8 Å². The van der Waals surface area contributed by atoms with Crippen LogP contribution in [0.4, 0.5) is 4.39 Å². The first-order valence-electron chi connectivity index (χ1n) is 7.20. The minimum Gasteiger partial charge on any atom is -0.461 e. The van der Waals surface area contributed by atoms with E-state index in [9.17, 15) is 9.50 Å². The van der Waals surface area contributed by atoms with E-state index >= 15 is 0 Å². The summed E-state index contributed by atoms with van der Waals surface area (Å²) in [6, 6.07) is 10.1. The summed E-state index contributed by atoms with van der Waals surface area (Å²) in [5.74, 6) is 0.270. The maximum absolute atomic E-state index is 12.7. The Morgan fingerprint density at radius 3 is 2.83 bits per heavy atom. The number of nitrogens with one attached hydrogen (secondary N) is 1. The molecule has 0 aliphatic carbocycles. The molecule has 0 aliphatic rings. The summed E-state index contributed by atoms with van der Waals surface area (Å²) in [5, 5.41) is 17.9. The second-order valence-corrected chi connectivity index (χ2v) is 5.80. The van der Waals surface area contributed by atoms with Gasteiger partial charge in [-0.15, -0.1) is 0 Å². The van der Waals surface area contributed by atoms with Crippen molar-refractivity contribution in [3.05, 3.63) is 65.1 Å². The molecule has 3 aromatic rings. The Morgan fingerprint density at radius 1 is 1.33 bits per heavy atom. The number of benzene rings is 1. The zero-order chi connectivity index (χ0) is 17.2. The zero-order valence-corrected chi connectivity index (χ0v) is 13.6. The number of aliphatic hydroxyl groups is 1. The predicted octanol–water partition coefficient (Wildman–Crippen LogP) is 2.26. The lowest BCUT2D eigenvalue weighted by Gasteiger charge is -2.23. The van der Waals surface area contributed by atoms with Gasteiger partial charge in [-0.3, -0.25) is 5.10 Å². The van der Waals surface area contributed by atoms with Gasteiger partial charge in [0.25, 0.3) is 0 Å². The van der Waals surface area contributed by atoms with Gasteiger partial charge in [0, 0.05) is 22.3 Å². The van der Waals surface area contributed by atoms with Crippen LogP contribution < -0.4 is 4.74 Å². The fourth-order valence-corrected chi connectivity index (χ4v) is 2.59. The largest absolute Gasteiger partial charge is 0.461 e. The van der Waals surface area contributed by atoms with Gasteiger partial charge in [0.2, 0.25) is 6.86 Å². The molecule has 1 aromatic carbocycles. The Kier molecular flexibility index (Phi) is 4.55. The summed E-state index contributed by atoms with van der Waals surface area (Å²) in [7, 11) is 1.61. The van der Waals surface area contributed by atoms with Gasteiger partial charge in [0.05, 0.1) is 17.4 Å². The van der Waals surface area contributed by atoms with Crippen LogP contribution in [-0.2, 0) is 5.50 Å². The highest BCUT2D eigenvalue weighted by Crippen LogP contribution is 2.33. The van der Waals surface area contributed by atoms with Gasteiger partial charge in [-0.25, -0.2) is 9.37 Å². The standard InChI is InChI=1S/C16H14BClFN3O2/c17-16(23,11-7-20-21-8-11)14-5-4-13(24-9-19)15(22-14)10-2-1-3-12(18)6-10/h1-8,23H,9,17H2,(H,20,21). The molecule has 0 spiro atoms. The molecular formula is C16H14BClFN3O2. The smallest absolute Gasteiger partial charge is 0.228 e.